The van der Waals surface area contributed by atoms with Crippen LogP contribution >= 0.6 is 0 Å². The van der Waals surface area contributed by atoms with Crippen LogP contribution in [0, 0.1) is 19.7 Å². The lowest BCUT2D eigenvalue weighted by Gasteiger charge is -2.18. The number of aromatic amines is 1. The molecule has 5 aromatic rings. The summed E-state index contributed by atoms with van der Waals surface area (Å²) in [6, 6.07) is 1.61. The summed E-state index contributed by atoms with van der Waals surface area (Å²) in [5.74, 6) is 0.454. The van der Waals surface area contributed by atoms with Crippen molar-refractivity contribution in [1.29, 1.82) is 0 Å². The summed E-state index contributed by atoms with van der Waals surface area (Å²) in [5.41, 5.74) is 4.67. The van der Waals surface area contributed by atoms with Gasteiger partial charge < -0.3 is 9.72 Å². The summed E-state index contributed by atoms with van der Waals surface area (Å²) >= 11 is 0. The van der Waals surface area contributed by atoms with Gasteiger partial charge >= 0.3 is 0 Å². The number of rotatable bonds is 4. The van der Waals surface area contributed by atoms with Crippen LogP contribution in [-0.2, 0) is 0 Å². The number of halogens is 1. The molecule has 0 radical (unpaired) electrons. The van der Waals surface area contributed by atoms with Gasteiger partial charge in [-0.3, -0.25) is 14.8 Å². The number of aryl methyl sites for hydroxylation is 1. The highest BCUT2D eigenvalue weighted by Gasteiger charge is 2.25. The standard InChI is InChI=1S/C21H21FN8/c1-11-5-6-30(28-11)13(3)19-20(22)12(2)18(14-7-25-27-21(14)19)15-9-29-10-16(23-4)26-17(29)8-24-15/h5-10,13,23H,1-4H3,(H,25,27). The van der Waals surface area contributed by atoms with E-state index < -0.39 is 0 Å². The van der Waals surface area contributed by atoms with Gasteiger partial charge in [0.2, 0.25) is 0 Å². The zero-order valence-electron chi connectivity index (χ0n) is 17.1. The summed E-state index contributed by atoms with van der Waals surface area (Å²) in [6.45, 7) is 5.62. The first-order chi connectivity index (χ1) is 14.5. The fourth-order valence-electron chi connectivity index (χ4n) is 3.96. The van der Waals surface area contributed by atoms with E-state index in [1.54, 1.807) is 24.0 Å². The van der Waals surface area contributed by atoms with Crippen molar-refractivity contribution in [3.05, 3.63) is 59.7 Å². The van der Waals surface area contributed by atoms with Crippen molar-refractivity contribution in [2.24, 2.45) is 0 Å². The highest BCUT2D eigenvalue weighted by atomic mass is 19.1. The van der Waals surface area contributed by atoms with Crippen LogP contribution in [0.25, 0.3) is 27.8 Å². The average molecular weight is 404 g/mol. The Bertz CT molecular complexity index is 1390. The molecule has 0 aliphatic rings. The van der Waals surface area contributed by atoms with Crippen LogP contribution in [0.15, 0.2) is 37.1 Å². The molecular formula is C21H21FN8. The van der Waals surface area contributed by atoms with E-state index in [2.05, 4.69) is 30.6 Å². The van der Waals surface area contributed by atoms with Crippen molar-refractivity contribution in [2.75, 3.05) is 12.4 Å². The number of hydrogen-bond acceptors (Lipinski definition) is 5. The second-order valence-electron chi connectivity index (χ2n) is 7.41. The van der Waals surface area contributed by atoms with Crippen molar-refractivity contribution in [3.63, 3.8) is 0 Å². The highest BCUT2D eigenvalue weighted by molar-refractivity contribution is 5.97. The zero-order chi connectivity index (χ0) is 21.0. The Morgan fingerprint density at radius 1 is 1.20 bits per heavy atom. The molecule has 4 aromatic heterocycles. The van der Waals surface area contributed by atoms with Crippen LogP contribution in [0.5, 0.6) is 0 Å². The van der Waals surface area contributed by atoms with Gasteiger partial charge in [-0.05, 0) is 32.4 Å². The molecule has 0 fully saturated rings. The first-order valence-electron chi connectivity index (χ1n) is 9.67. The lowest BCUT2D eigenvalue weighted by Crippen LogP contribution is -2.12. The zero-order valence-corrected chi connectivity index (χ0v) is 17.1. The van der Waals surface area contributed by atoms with E-state index in [0.29, 0.717) is 33.5 Å². The number of hydrogen-bond donors (Lipinski definition) is 2. The number of H-pyrrole nitrogens is 1. The van der Waals surface area contributed by atoms with Gasteiger partial charge in [-0.25, -0.2) is 9.37 Å². The molecule has 4 heterocycles. The summed E-state index contributed by atoms with van der Waals surface area (Å²) < 4.78 is 19.4. The van der Waals surface area contributed by atoms with Crippen molar-refractivity contribution >= 4 is 22.4 Å². The third-order valence-electron chi connectivity index (χ3n) is 5.53. The molecule has 152 valence electrons. The van der Waals surface area contributed by atoms with Crippen LogP contribution in [-0.4, -0.2) is 41.4 Å². The molecule has 30 heavy (non-hydrogen) atoms. The fraction of sp³-hybridized carbons (Fsp3) is 0.238. The molecule has 2 N–H and O–H groups in total. The number of nitrogens with one attached hydrogen (secondary N) is 2. The Balaban J connectivity index is 1.73. The molecule has 0 saturated carbocycles. The maximum absolute atomic E-state index is 15.7. The third-order valence-corrected chi connectivity index (χ3v) is 5.53. The SMILES string of the molecule is CNc1cn2cc(-c3c(C)c(F)c(C(C)n4ccc(C)n4)c4[nH]ncc34)ncc2n1. The first kappa shape index (κ1) is 18.3. The molecule has 9 heteroatoms. The lowest BCUT2D eigenvalue weighted by atomic mass is 9.94. The van der Waals surface area contributed by atoms with Crippen LogP contribution < -0.4 is 5.32 Å². The first-order valence-corrected chi connectivity index (χ1v) is 9.67. The highest BCUT2D eigenvalue weighted by Crippen LogP contribution is 2.38. The predicted octanol–water partition coefficient (Wildman–Crippen LogP) is 3.88. The Morgan fingerprint density at radius 2 is 2.03 bits per heavy atom. The van der Waals surface area contributed by atoms with Gasteiger partial charge in [0, 0.05) is 36.0 Å². The largest absolute Gasteiger partial charge is 0.372 e. The quantitative estimate of drug-likeness (QED) is 0.475. The normalized spacial score (nSPS) is 12.7. The number of nitrogens with zero attached hydrogens (tertiary/aromatic N) is 6. The number of aromatic nitrogens is 7. The van der Waals surface area contributed by atoms with Crippen molar-refractivity contribution < 1.29 is 4.39 Å². The van der Waals surface area contributed by atoms with Crippen LogP contribution in [0.4, 0.5) is 10.2 Å². The van der Waals surface area contributed by atoms with Gasteiger partial charge in [-0.2, -0.15) is 10.2 Å². The lowest BCUT2D eigenvalue weighted by molar-refractivity contribution is 0.519. The Labute approximate surface area is 171 Å². The number of imidazole rings is 1. The van der Waals surface area contributed by atoms with Gasteiger partial charge in [0.1, 0.15) is 11.6 Å². The molecular weight excluding hydrogens is 383 g/mol. The van der Waals surface area contributed by atoms with E-state index in [9.17, 15) is 0 Å². The monoisotopic (exact) mass is 404 g/mol. The maximum Gasteiger partial charge on any atom is 0.157 e. The predicted molar refractivity (Wildman–Crippen MR) is 113 cm³/mol. The number of fused-ring (bicyclic) bond motifs is 2. The molecule has 0 bridgehead atoms. The summed E-state index contributed by atoms with van der Waals surface area (Å²) in [5, 5.41) is 15.5. The average Bonchev–Trinajstić information content (AvgIpc) is 3.47. The molecule has 8 nitrogen and oxygen atoms in total. The van der Waals surface area contributed by atoms with Crippen molar-refractivity contribution in [1.82, 2.24) is 34.3 Å². The molecule has 1 unspecified atom stereocenters. The maximum atomic E-state index is 15.7. The van der Waals surface area contributed by atoms with E-state index >= 15 is 4.39 Å². The van der Waals surface area contributed by atoms with Gasteiger partial charge in [-0.15, -0.1) is 0 Å². The van der Waals surface area contributed by atoms with Crippen LogP contribution in [0.1, 0.15) is 29.8 Å². The molecule has 0 amide bonds. The minimum absolute atomic E-state index is 0.286. The number of anilines is 1. The van der Waals surface area contributed by atoms with Gasteiger partial charge in [-0.1, -0.05) is 0 Å². The second-order valence-corrected chi connectivity index (χ2v) is 7.41. The minimum atomic E-state index is -0.295. The van der Waals surface area contributed by atoms with E-state index in [1.165, 1.54) is 0 Å². The second kappa shape index (κ2) is 6.65. The molecule has 0 spiro atoms. The van der Waals surface area contributed by atoms with Gasteiger partial charge in [0.25, 0.3) is 0 Å². The molecule has 1 atom stereocenters. The Hall–Kier alpha value is -3.75. The minimum Gasteiger partial charge on any atom is -0.372 e. The van der Waals surface area contributed by atoms with E-state index in [-0.39, 0.29) is 11.9 Å². The smallest absolute Gasteiger partial charge is 0.157 e. The third kappa shape index (κ3) is 2.66. The summed E-state index contributed by atoms with van der Waals surface area (Å²) in [6.07, 6.45) is 8.99. The topological polar surface area (TPSA) is 88.7 Å². The number of benzene rings is 1. The Kier molecular flexibility index (Phi) is 4.05. The van der Waals surface area contributed by atoms with Gasteiger partial charge in [0.15, 0.2) is 5.65 Å². The van der Waals surface area contributed by atoms with Crippen molar-refractivity contribution in [2.45, 2.75) is 26.8 Å². The molecule has 0 saturated heterocycles. The summed E-state index contributed by atoms with van der Waals surface area (Å²) in [7, 11) is 1.81. The van der Waals surface area contributed by atoms with Crippen LogP contribution in [0.3, 0.4) is 0 Å². The van der Waals surface area contributed by atoms with E-state index in [0.717, 1.165) is 16.9 Å². The Morgan fingerprint density at radius 3 is 2.77 bits per heavy atom. The van der Waals surface area contributed by atoms with Crippen molar-refractivity contribution in [3.8, 4) is 11.3 Å². The van der Waals surface area contributed by atoms with E-state index in [4.69, 9.17) is 0 Å². The fourth-order valence-corrected chi connectivity index (χ4v) is 3.96. The van der Waals surface area contributed by atoms with E-state index in [1.807, 2.05) is 50.0 Å². The molecule has 0 aliphatic carbocycles. The molecule has 5 rings (SSSR count). The summed E-state index contributed by atoms with van der Waals surface area (Å²) in [4.78, 5) is 8.97. The van der Waals surface area contributed by atoms with Crippen LogP contribution in [0.2, 0.25) is 0 Å². The molecule has 0 aliphatic heterocycles. The van der Waals surface area contributed by atoms with Gasteiger partial charge in [0.05, 0.1) is 41.5 Å². The molecule has 1 aromatic carbocycles.